The van der Waals surface area contributed by atoms with E-state index in [-0.39, 0.29) is 11.4 Å². The molecule has 1 fully saturated rings. The number of methoxy groups -OCH3 is 1. The van der Waals surface area contributed by atoms with Crippen LogP contribution in [0.15, 0.2) is 24.3 Å². The first-order chi connectivity index (χ1) is 7.16. The third-order valence-electron chi connectivity index (χ3n) is 3.14. The summed E-state index contributed by atoms with van der Waals surface area (Å²) in [6.45, 7) is 2.07. The normalized spacial score (nSPS) is 17.2. The van der Waals surface area contributed by atoms with Crippen molar-refractivity contribution in [3.63, 3.8) is 0 Å². The monoisotopic (exact) mass is 204 g/mol. The summed E-state index contributed by atoms with van der Waals surface area (Å²) in [6, 6.07) is 8.36. The molecule has 0 bridgehead atoms. The van der Waals surface area contributed by atoms with Gasteiger partial charge in [0.1, 0.15) is 0 Å². The minimum atomic E-state index is -0.204. The van der Waals surface area contributed by atoms with Crippen LogP contribution < -0.4 is 0 Å². The number of ether oxygens (including phenoxy) is 1. The highest BCUT2D eigenvalue weighted by atomic mass is 16.5. The number of aryl methyl sites for hydroxylation is 1. The quantitative estimate of drug-likeness (QED) is 0.707. The Morgan fingerprint density at radius 3 is 2.40 bits per heavy atom. The summed E-state index contributed by atoms with van der Waals surface area (Å²) in [5.41, 5.74) is 2.27. The van der Waals surface area contributed by atoms with Gasteiger partial charge in [0, 0.05) is 0 Å². The van der Waals surface area contributed by atoms with Crippen molar-refractivity contribution in [2.75, 3.05) is 7.11 Å². The highest BCUT2D eigenvalue weighted by Crippen LogP contribution is 2.49. The zero-order chi connectivity index (χ0) is 10.9. The number of carbonyl (C=O) groups excluding carboxylic acids is 1. The summed E-state index contributed by atoms with van der Waals surface area (Å²) >= 11 is 0. The fourth-order valence-corrected chi connectivity index (χ4v) is 1.92. The van der Waals surface area contributed by atoms with Crippen molar-refractivity contribution in [3.05, 3.63) is 35.4 Å². The number of rotatable bonds is 3. The zero-order valence-corrected chi connectivity index (χ0v) is 9.25. The molecule has 1 aliphatic rings. The Morgan fingerprint density at radius 1 is 1.33 bits per heavy atom. The molecule has 1 aromatic rings. The van der Waals surface area contributed by atoms with Gasteiger partial charge in [0.2, 0.25) is 0 Å². The Balaban J connectivity index is 2.09. The van der Waals surface area contributed by atoms with Gasteiger partial charge in [-0.15, -0.1) is 0 Å². The van der Waals surface area contributed by atoms with Crippen molar-refractivity contribution in [1.29, 1.82) is 0 Å². The van der Waals surface area contributed by atoms with E-state index in [1.54, 1.807) is 0 Å². The third kappa shape index (κ3) is 2.04. The standard InChI is InChI=1S/C13H16O2/c1-10-3-5-11(6-4-10)9-13(7-8-13)12(14)15-2/h3-6H,7-9H2,1-2H3. The number of esters is 1. The molecule has 1 aromatic carbocycles. The lowest BCUT2D eigenvalue weighted by Gasteiger charge is -2.12. The lowest BCUT2D eigenvalue weighted by atomic mass is 9.96. The molecular weight excluding hydrogens is 188 g/mol. The van der Waals surface area contributed by atoms with Crippen molar-refractivity contribution < 1.29 is 9.53 Å². The second kappa shape index (κ2) is 3.69. The van der Waals surface area contributed by atoms with Crippen LogP contribution >= 0.6 is 0 Å². The van der Waals surface area contributed by atoms with E-state index in [0.29, 0.717) is 0 Å². The van der Waals surface area contributed by atoms with E-state index in [0.717, 1.165) is 19.3 Å². The molecule has 2 nitrogen and oxygen atoms in total. The Labute approximate surface area is 90.3 Å². The van der Waals surface area contributed by atoms with E-state index in [9.17, 15) is 4.79 Å². The molecular formula is C13H16O2. The first-order valence-electron chi connectivity index (χ1n) is 5.30. The molecule has 2 heteroatoms. The molecule has 0 unspecified atom stereocenters. The van der Waals surface area contributed by atoms with Gasteiger partial charge in [-0.25, -0.2) is 0 Å². The van der Waals surface area contributed by atoms with Crippen LogP contribution in [0.4, 0.5) is 0 Å². The minimum absolute atomic E-state index is 0.0527. The molecule has 0 atom stereocenters. The Kier molecular flexibility index (Phi) is 2.51. The Hall–Kier alpha value is -1.31. The number of hydrogen-bond donors (Lipinski definition) is 0. The SMILES string of the molecule is COC(=O)C1(Cc2ccc(C)cc2)CC1. The van der Waals surface area contributed by atoms with E-state index in [1.165, 1.54) is 18.2 Å². The Morgan fingerprint density at radius 2 is 1.93 bits per heavy atom. The summed E-state index contributed by atoms with van der Waals surface area (Å²) in [7, 11) is 1.47. The molecule has 0 N–H and O–H groups in total. The van der Waals surface area contributed by atoms with Crippen molar-refractivity contribution in [2.24, 2.45) is 5.41 Å². The summed E-state index contributed by atoms with van der Waals surface area (Å²) in [5.74, 6) is -0.0527. The zero-order valence-electron chi connectivity index (χ0n) is 9.25. The maximum atomic E-state index is 11.5. The van der Waals surface area contributed by atoms with Gasteiger partial charge in [-0.1, -0.05) is 29.8 Å². The lowest BCUT2D eigenvalue weighted by Crippen LogP contribution is -2.19. The van der Waals surface area contributed by atoms with Gasteiger partial charge in [0.05, 0.1) is 12.5 Å². The van der Waals surface area contributed by atoms with Crippen LogP contribution in [0.2, 0.25) is 0 Å². The number of benzene rings is 1. The molecule has 0 spiro atoms. The Bertz CT molecular complexity index is 361. The van der Waals surface area contributed by atoms with Crippen LogP contribution in [-0.2, 0) is 16.0 Å². The van der Waals surface area contributed by atoms with Crippen molar-refractivity contribution >= 4 is 5.97 Å². The minimum Gasteiger partial charge on any atom is -0.469 e. The second-order valence-corrected chi connectivity index (χ2v) is 4.43. The van der Waals surface area contributed by atoms with E-state index >= 15 is 0 Å². The largest absolute Gasteiger partial charge is 0.469 e. The van der Waals surface area contributed by atoms with Crippen molar-refractivity contribution in [3.8, 4) is 0 Å². The highest BCUT2D eigenvalue weighted by molar-refractivity contribution is 5.80. The van der Waals surface area contributed by atoms with Gasteiger partial charge >= 0.3 is 5.97 Å². The molecule has 1 aliphatic carbocycles. The number of carbonyl (C=O) groups is 1. The molecule has 0 aliphatic heterocycles. The van der Waals surface area contributed by atoms with Gasteiger partial charge in [-0.2, -0.15) is 0 Å². The molecule has 80 valence electrons. The predicted molar refractivity (Wildman–Crippen MR) is 58.6 cm³/mol. The molecule has 0 radical (unpaired) electrons. The van der Waals surface area contributed by atoms with Crippen LogP contribution in [0.25, 0.3) is 0 Å². The van der Waals surface area contributed by atoms with Gasteiger partial charge in [0.25, 0.3) is 0 Å². The van der Waals surface area contributed by atoms with Crippen molar-refractivity contribution in [1.82, 2.24) is 0 Å². The molecule has 2 rings (SSSR count). The molecule has 0 saturated heterocycles. The summed E-state index contributed by atoms with van der Waals surface area (Å²) in [5, 5.41) is 0. The summed E-state index contributed by atoms with van der Waals surface area (Å²) in [4.78, 5) is 11.5. The van der Waals surface area contributed by atoms with Crippen LogP contribution in [0, 0.1) is 12.3 Å². The molecule has 0 aromatic heterocycles. The fourth-order valence-electron chi connectivity index (χ4n) is 1.92. The van der Waals surface area contributed by atoms with Crippen molar-refractivity contribution in [2.45, 2.75) is 26.2 Å². The van der Waals surface area contributed by atoms with Crippen LogP contribution in [0.1, 0.15) is 24.0 Å². The van der Waals surface area contributed by atoms with Gasteiger partial charge in [-0.3, -0.25) is 4.79 Å². The van der Waals surface area contributed by atoms with Gasteiger partial charge in [0.15, 0.2) is 0 Å². The third-order valence-corrected chi connectivity index (χ3v) is 3.14. The van der Waals surface area contributed by atoms with Crippen LogP contribution in [-0.4, -0.2) is 13.1 Å². The van der Waals surface area contributed by atoms with E-state index in [4.69, 9.17) is 4.74 Å². The maximum absolute atomic E-state index is 11.5. The maximum Gasteiger partial charge on any atom is 0.312 e. The lowest BCUT2D eigenvalue weighted by molar-refractivity contribution is -0.147. The average molecular weight is 204 g/mol. The van der Waals surface area contributed by atoms with Gasteiger partial charge in [-0.05, 0) is 31.7 Å². The van der Waals surface area contributed by atoms with E-state index in [2.05, 4.69) is 31.2 Å². The smallest absolute Gasteiger partial charge is 0.312 e. The topological polar surface area (TPSA) is 26.3 Å². The predicted octanol–water partition coefficient (Wildman–Crippen LogP) is 2.49. The molecule has 1 saturated carbocycles. The highest BCUT2D eigenvalue weighted by Gasteiger charge is 2.50. The second-order valence-electron chi connectivity index (χ2n) is 4.43. The van der Waals surface area contributed by atoms with Crippen LogP contribution in [0.3, 0.4) is 0 Å². The first-order valence-corrected chi connectivity index (χ1v) is 5.30. The average Bonchev–Trinajstić information content (AvgIpc) is 3.01. The number of hydrogen-bond acceptors (Lipinski definition) is 2. The molecule has 15 heavy (non-hydrogen) atoms. The molecule has 0 amide bonds. The van der Waals surface area contributed by atoms with Gasteiger partial charge < -0.3 is 4.74 Å². The van der Waals surface area contributed by atoms with E-state index < -0.39 is 0 Å². The fraction of sp³-hybridized carbons (Fsp3) is 0.462. The molecule has 0 heterocycles. The van der Waals surface area contributed by atoms with E-state index in [1.807, 2.05) is 0 Å². The summed E-state index contributed by atoms with van der Waals surface area (Å²) in [6.07, 6.45) is 2.75. The summed E-state index contributed by atoms with van der Waals surface area (Å²) < 4.78 is 4.83. The van der Waals surface area contributed by atoms with Crippen LogP contribution in [0.5, 0.6) is 0 Å². The first kappa shape index (κ1) is 10.2.